The van der Waals surface area contributed by atoms with Crippen molar-refractivity contribution in [2.45, 2.75) is 39.3 Å². The lowest BCUT2D eigenvalue weighted by atomic mass is 9.76. The first-order valence-electron chi connectivity index (χ1n) is 6.61. The second-order valence-corrected chi connectivity index (χ2v) is 6.85. The third-order valence-electron chi connectivity index (χ3n) is 3.88. The number of benzene rings is 1. The van der Waals surface area contributed by atoms with Gasteiger partial charge in [-0.05, 0) is 42.5 Å². The summed E-state index contributed by atoms with van der Waals surface area (Å²) in [7, 11) is 0. The Balaban J connectivity index is 2.20. The number of hydrogen-bond acceptors (Lipinski definition) is 2. The van der Waals surface area contributed by atoms with Crippen LogP contribution < -0.4 is 0 Å². The number of aliphatic carboxylic acids is 1. The van der Waals surface area contributed by atoms with Crippen LogP contribution >= 0.6 is 15.9 Å². The van der Waals surface area contributed by atoms with E-state index in [4.69, 9.17) is 0 Å². The van der Waals surface area contributed by atoms with E-state index in [-0.39, 0.29) is 5.41 Å². The first kappa shape index (κ1) is 14.5. The molecule has 1 aromatic carbocycles. The molecule has 1 unspecified atom stereocenters. The van der Waals surface area contributed by atoms with Crippen molar-refractivity contribution in [1.82, 2.24) is 4.90 Å². The van der Waals surface area contributed by atoms with Crippen LogP contribution in [0.2, 0.25) is 0 Å². The monoisotopic (exact) mass is 325 g/mol. The number of carboxylic acids is 1. The van der Waals surface area contributed by atoms with Gasteiger partial charge in [-0.2, -0.15) is 0 Å². The average molecular weight is 326 g/mol. The van der Waals surface area contributed by atoms with Crippen LogP contribution in [-0.2, 0) is 11.3 Å². The Morgan fingerprint density at radius 1 is 1.53 bits per heavy atom. The molecule has 3 nitrogen and oxygen atoms in total. The van der Waals surface area contributed by atoms with Crippen LogP contribution in [0, 0.1) is 5.41 Å². The molecule has 0 amide bonds. The first-order valence-corrected chi connectivity index (χ1v) is 7.41. The molecule has 1 atom stereocenters. The summed E-state index contributed by atoms with van der Waals surface area (Å²) in [4.78, 5) is 13.7. The normalized spacial score (nSPS) is 23.2. The molecule has 0 spiro atoms. The fraction of sp³-hybridized carbons (Fsp3) is 0.533. The number of nitrogens with zero attached hydrogens (tertiary/aromatic N) is 1. The number of halogens is 1. The molecule has 0 radical (unpaired) electrons. The van der Waals surface area contributed by atoms with Crippen LogP contribution in [-0.4, -0.2) is 28.6 Å². The van der Waals surface area contributed by atoms with E-state index in [2.05, 4.69) is 40.7 Å². The maximum Gasteiger partial charge on any atom is 0.321 e. The maximum atomic E-state index is 11.6. The Bertz CT molecular complexity index is 473. The number of rotatable bonds is 3. The zero-order valence-corrected chi connectivity index (χ0v) is 13.0. The molecule has 0 saturated carbocycles. The van der Waals surface area contributed by atoms with Crippen molar-refractivity contribution in [2.75, 3.05) is 6.54 Å². The predicted octanol–water partition coefficient (Wildman–Crippen LogP) is 3.52. The quantitative estimate of drug-likeness (QED) is 0.924. The lowest BCUT2D eigenvalue weighted by Crippen LogP contribution is -2.53. The molecule has 104 valence electrons. The molecule has 1 fully saturated rings. The number of carbonyl (C=O) groups is 1. The van der Waals surface area contributed by atoms with E-state index in [9.17, 15) is 9.90 Å². The van der Waals surface area contributed by atoms with E-state index in [1.54, 1.807) is 0 Å². The molecule has 1 aromatic rings. The zero-order valence-electron chi connectivity index (χ0n) is 11.4. The maximum absolute atomic E-state index is 11.6. The summed E-state index contributed by atoms with van der Waals surface area (Å²) in [6.07, 6.45) is 2.03. The van der Waals surface area contributed by atoms with Crippen molar-refractivity contribution >= 4 is 21.9 Å². The fourth-order valence-corrected chi connectivity index (χ4v) is 3.48. The number of likely N-dealkylation sites (tertiary alicyclic amines) is 1. The van der Waals surface area contributed by atoms with E-state index in [0.29, 0.717) is 6.54 Å². The molecule has 1 aliphatic heterocycles. The largest absolute Gasteiger partial charge is 0.480 e. The predicted molar refractivity (Wildman–Crippen MR) is 79.0 cm³/mol. The van der Waals surface area contributed by atoms with Gasteiger partial charge in [-0.25, -0.2) is 0 Å². The van der Waals surface area contributed by atoms with Gasteiger partial charge in [-0.15, -0.1) is 0 Å². The van der Waals surface area contributed by atoms with Gasteiger partial charge in [0.2, 0.25) is 0 Å². The van der Waals surface area contributed by atoms with Gasteiger partial charge in [0.05, 0.1) is 0 Å². The van der Waals surface area contributed by atoms with Gasteiger partial charge in [0.15, 0.2) is 0 Å². The molecular formula is C15H20BrNO2. The van der Waals surface area contributed by atoms with Crippen molar-refractivity contribution in [2.24, 2.45) is 5.41 Å². The highest BCUT2D eigenvalue weighted by Gasteiger charge is 2.42. The van der Waals surface area contributed by atoms with E-state index in [1.807, 2.05) is 18.2 Å². The summed E-state index contributed by atoms with van der Waals surface area (Å²) in [5.41, 5.74) is 0.981. The Hall–Kier alpha value is -0.870. The summed E-state index contributed by atoms with van der Waals surface area (Å²) in [5, 5.41) is 9.53. The molecule has 4 heteroatoms. The van der Waals surface area contributed by atoms with Crippen LogP contribution in [0.1, 0.15) is 32.3 Å². The van der Waals surface area contributed by atoms with Crippen molar-refractivity contribution < 1.29 is 9.90 Å². The van der Waals surface area contributed by atoms with Crippen molar-refractivity contribution in [1.29, 1.82) is 0 Å². The van der Waals surface area contributed by atoms with E-state index in [1.165, 1.54) is 0 Å². The van der Waals surface area contributed by atoms with Crippen molar-refractivity contribution in [3.8, 4) is 0 Å². The van der Waals surface area contributed by atoms with Crippen molar-refractivity contribution in [3.63, 3.8) is 0 Å². The zero-order chi connectivity index (χ0) is 14.0. The van der Waals surface area contributed by atoms with Gasteiger partial charge < -0.3 is 5.11 Å². The molecule has 0 bridgehead atoms. The lowest BCUT2D eigenvalue weighted by Gasteiger charge is -2.44. The molecule has 1 N–H and O–H groups in total. The van der Waals surface area contributed by atoms with E-state index in [0.717, 1.165) is 29.4 Å². The lowest BCUT2D eigenvalue weighted by molar-refractivity contribution is -0.151. The van der Waals surface area contributed by atoms with Gasteiger partial charge in [-0.1, -0.05) is 41.9 Å². The first-order chi connectivity index (χ1) is 8.90. The molecule has 2 rings (SSSR count). The Morgan fingerprint density at radius 3 is 2.89 bits per heavy atom. The smallest absolute Gasteiger partial charge is 0.321 e. The van der Waals surface area contributed by atoms with Crippen LogP contribution in [0.4, 0.5) is 0 Å². The minimum absolute atomic E-state index is 0.171. The standard InChI is InChI=1S/C15H20BrNO2/c1-15(2)7-4-8-17(13(15)14(18)19)10-11-5-3-6-12(16)9-11/h3,5-6,9,13H,4,7-8,10H2,1-2H3,(H,18,19). The Kier molecular flexibility index (Phi) is 4.31. The third-order valence-corrected chi connectivity index (χ3v) is 4.37. The minimum atomic E-state index is -0.709. The highest BCUT2D eigenvalue weighted by atomic mass is 79.9. The summed E-state index contributed by atoms with van der Waals surface area (Å²) in [5.74, 6) is -0.709. The summed E-state index contributed by atoms with van der Waals surface area (Å²) >= 11 is 3.46. The van der Waals surface area contributed by atoms with Crippen molar-refractivity contribution in [3.05, 3.63) is 34.3 Å². The SMILES string of the molecule is CC1(C)CCCN(Cc2cccc(Br)c2)C1C(=O)O. The van der Waals surface area contributed by atoms with E-state index < -0.39 is 12.0 Å². The number of piperidine rings is 1. The molecule has 1 heterocycles. The summed E-state index contributed by atoms with van der Waals surface area (Å²) in [6, 6.07) is 7.68. The van der Waals surface area contributed by atoms with Crippen LogP contribution in [0.5, 0.6) is 0 Å². The molecule has 0 aliphatic carbocycles. The third kappa shape index (κ3) is 3.37. The molecule has 1 saturated heterocycles. The second-order valence-electron chi connectivity index (χ2n) is 5.93. The topological polar surface area (TPSA) is 40.5 Å². The molecule has 1 aliphatic rings. The average Bonchev–Trinajstić information content (AvgIpc) is 2.26. The highest BCUT2D eigenvalue weighted by Crippen LogP contribution is 2.36. The van der Waals surface area contributed by atoms with Gasteiger partial charge in [0.25, 0.3) is 0 Å². The fourth-order valence-electron chi connectivity index (χ4n) is 3.03. The van der Waals surface area contributed by atoms with E-state index >= 15 is 0 Å². The Labute approximate surface area is 122 Å². The molecule has 19 heavy (non-hydrogen) atoms. The highest BCUT2D eigenvalue weighted by molar-refractivity contribution is 9.10. The van der Waals surface area contributed by atoms with Gasteiger partial charge >= 0.3 is 5.97 Å². The summed E-state index contributed by atoms with van der Waals surface area (Å²) < 4.78 is 1.04. The Morgan fingerprint density at radius 2 is 2.26 bits per heavy atom. The number of carboxylic acid groups (broad SMARTS) is 1. The molecular weight excluding hydrogens is 306 g/mol. The molecule has 0 aromatic heterocycles. The van der Waals surface area contributed by atoms with Crippen LogP contribution in [0.15, 0.2) is 28.7 Å². The number of hydrogen-bond donors (Lipinski definition) is 1. The van der Waals surface area contributed by atoms with Crippen LogP contribution in [0.3, 0.4) is 0 Å². The van der Waals surface area contributed by atoms with Gasteiger partial charge in [0.1, 0.15) is 6.04 Å². The minimum Gasteiger partial charge on any atom is -0.480 e. The van der Waals surface area contributed by atoms with Gasteiger partial charge in [-0.3, -0.25) is 9.69 Å². The second kappa shape index (κ2) is 5.63. The van der Waals surface area contributed by atoms with Gasteiger partial charge in [0, 0.05) is 11.0 Å². The van der Waals surface area contributed by atoms with Crippen LogP contribution in [0.25, 0.3) is 0 Å². The summed E-state index contributed by atoms with van der Waals surface area (Å²) in [6.45, 7) is 5.66.